The van der Waals surface area contributed by atoms with Crippen LogP contribution in [0.2, 0.25) is 0 Å². The molecule has 4 fully saturated rings. The van der Waals surface area contributed by atoms with Gasteiger partial charge < -0.3 is 29.2 Å². The number of ether oxygens (including phenoxy) is 4. The molecular weight excluding hydrogens is 538 g/mol. The Morgan fingerprint density at radius 2 is 0.882 bits per heavy atom. The zero-order valence-electron chi connectivity index (χ0n) is 16.5. The van der Waals surface area contributed by atoms with E-state index in [2.05, 4.69) is 8.37 Å². The molecule has 4 aliphatic heterocycles. The third kappa shape index (κ3) is 5.60. The van der Waals surface area contributed by atoms with E-state index in [4.69, 9.17) is 29.2 Å². The van der Waals surface area contributed by atoms with Crippen LogP contribution in [-0.2, 0) is 47.5 Å². The molecule has 4 heterocycles. The minimum Gasteiger partial charge on any atom is -0.388 e. The van der Waals surface area contributed by atoms with Crippen LogP contribution >= 0.6 is 0 Å². The predicted octanol–water partition coefficient (Wildman–Crippen LogP) is -1.24. The summed E-state index contributed by atoms with van der Waals surface area (Å²) in [5, 5.41) is 18.3. The van der Waals surface area contributed by atoms with E-state index in [9.17, 15) is 43.2 Å². The number of alkyl halides is 6. The van der Waals surface area contributed by atoms with Gasteiger partial charge in [-0.05, 0) is 0 Å². The first-order valence-electron chi connectivity index (χ1n) is 9.26. The average Bonchev–Trinajstić information content (AvgIpc) is 3.42. The highest BCUT2D eigenvalue weighted by atomic mass is 32.2. The van der Waals surface area contributed by atoms with Crippen LogP contribution in [0.1, 0.15) is 0 Å². The highest BCUT2D eigenvalue weighted by molar-refractivity contribution is 7.87. The second kappa shape index (κ2) is 9.56. The van der Waals surface area contributed by atoms with Crippen molar-refractivity contribution in [2.24, 2.45) is 0 Å². The van der Waals surface area contributed by atoms with Gasteiger partial charge in [0.2, 0.25) is 0 Å². The minimum absolute atomic E-state index is 0.284. The van der Waals surface area contributed by atoms with Crippen molar-refractivity contribution in [3.05, 3.63) is 0 Å². The lowest BCUT2D eigenvalue weighted by atomic mass is 10.1. The van der Waals surface area contributed by atoms with E-state index < -0.39 is 81.1 Å². The molecule has 0 spiro atoms. The quantitative estimate of drug-likeness (QED) is 0.241. The van der Waals surface area contributed by atoms with Gasteiger partial charge in [0.1, 0.15) is 48.8 Å². The summed E-state index contributed by atoms with van der Waals surface area (Å²) < 4.78 is 145. The summed E-state index contributed by atoms with van der Waals surface area (Å²) in [7, 11) is -12.0. The summed E-state index contributed by atoms with van der Waals surface area (Å²) in [5.41, 5.74) is -11.4. The third-order valence-electron chi connectivity index (χ3n) is 5.03. The summed E-state index contributed by atoms with van der Waals surface area (Å²) in [6, 6.07) is 0. The summed E-state index contributed by atoms with van der Waals surface area (Å²) in [6.07, 6.45) is -8.42. The number of halogens is 6. The smallest absolute Gasteiger partial charge is 0.388 e. The van der Waals surface area contributed by atoms with Gasteiger partial charge in [0.05, 0.1) is 26.4 Å². The molecule has 0 bridgehead atoms. The molecule has 0 aromatic rings. The average molecular weight is 556 g/mol. The van der Waals surface area contributed by atoms with Gasteiger partial charge >= 0.3 is 31.3 Å². The van der Waals surface area contributed by atoms with Gasteiger partial charge in [0.15, 0.2) is 0 Å². The van der Waals surface area contributed by atoms with E-state index in [0.717, 1.165) is 0 Å². The predicted molar refractivity (Wildman–Crippen MR) is 90.7 cm³/mol. The van der Waals surface area contributed by atoms with Gasteiger partial charge in [0, 0.05) is 0 Å². The number of aliphatic hydroxyl groups excluding tert-OH is 2. The molecule has 4 unspecified atom stereocenters. The molecule has 0 aromatic heterocycles. The second-order valence-electron chi connectivity index (χ2n) is 7.40. The van der Waals surface area contributed by atoms with E-state index in [1.807, 2.05) is 0 Å². The SMILES string of the molecule is O=S(=O)(O[C@H]1COC2C1OC[C@H]2OS(=O)(=O)C(F)(F)F)C(F)(F)F.O[C@@H]1COC2C1OC[C@@H]2O. The van der Waals surface area contributed by atoms with Gasteiger partial charge in [-0.15, -0.1) is 0 Å². The molecule has 0 amide bonds. The Morgan fingerprint density at radius 1 is 0.588 bits per heavy atom. The monoisotopic (exact) mass is 556 g/mol. The van der Waals surface area contributed by atoms with Crippen molar-refractivity contribution in [2.75, 3.05) is 26.4 Å². The fraction of sp³-hybridized carbons (Fsp3) is 1.00. The van der Waals surface area contributed by atoms with E-state index in [0.29, 0.717) is 0 Å². The van der Waals surface area contributed by atoms with E-state index in [-0.39, 0.29) is 25.4 Å². The Bertz CT molecular complexity index is 862. The molecule has 34 heavy (non-hydrogen) atoms. The lowest BCUT2D eigenvalue weighted by molar-refractivity contribution is -0.0651. The largest absolute Gasteiger partial charge is 0.523 e. The molecule has 0 aliphatic carbocycles. The maximum Gasteiger partial charge on any atom is 0.523 e. The first kappa shape index (κ1) is 27.7. The number of hydrogen-bond acceptors (Lipinski definition) is 12. The summed E-state index contributed by atoms with van der Waals surface area (Å²) >= 11 is 0. The molecule has 20 heteroatoms. The molecule has 4 saturated heterocycles. The van der Waals surface area contributed by atoms with Gasteiger partial charge in [-0.1, -0.05) is 0 Å². The van der Waals surface area contributed by atoms with Crippen molar-refractivity contribution in [3.63, 3.8) is 0 Å². The Morgan fingerprint density at radius 3 is 1.18 bits per heavy atom. The zero-order chi connectivity index (χ0) is 25.7. The topological polar surface area (TPSA) is 164 Å². The van der Waals surface area contributed by atoms with E-state index in [1.165, 1.54) is 0 Å². The van der Waals surface area contributed by atoms with Crippen LogP contribution in [0.15, 0.2) is 0 Å². The van der Waals surface area contributed by atoms with Crippen molar-refractivity contribution in [3.8, 4) is 0 Å². The lowest BCUT2D eigenvalue weighted by Gasteiger charge is -2.18. The van der Waals surface area contributed by atoms with Crippen LogP contribution in [0.3, 0.4) is 0 Å². The summed E-state index contributed by atoms with van der Waals surface area (Å²) in [5.74, 6) is 0. The zero-order valence-corrected chi connectivity index (χ0v) is 18.1. The van der Waals surface area contributed by atoms with Crippen LogP contribution < -0.4 is 0 Å². The fourth-order valence-electron chi connectivity index (χ4n) is 3.49. The van der Waals surface area contributed by atoms with Crippen molar-refractivity contribution < 1.29 is 80.7 Å². The standard InChI is InChI=1S/C8H8F6O8S2.C6H10O4/c9-7(10,11)23(15,16)21-3-1-19-6-4(2-20-5(3)6)22-24(17,18)8(12,13)14;7-3-1-9-6-4(8)2-10-5(3)6/h3-6H,1-2H2;3-8H,1-2H2/t2*3-,4+,5?,6?. The number of aliphatic hydroxyl groups is 2. The number of fused-ring (bicyclic) bond motifs is 2. The summed E-state index contributed by atoms with van der Waals surface area (Å²) in [4.78, 5) is 0. The Kier molecular flexibility index (Phi) is 7.80. The maximum atomic E-state index is 12.2. The van der Waals surface area contributed by atoms with Gasteiger partial charge in [0.25, 0.3) is 0 Å². The van der Waals surface area contributed by atoms with Crippen LogP contribution in [0.4, 0.5) is 26.3 Å². The molecular formula is C14H18F6O12S2. The van der Waals surface area contributed by atoms with Crippen LogP contribution in [-0.4, -0.2) is 113 Å². The molecule has 0 radical (unpaired) electrons. The highest BCUT2D eigenvalue weighted by Crippen LogP contribution is 2.36. The van der Waals surface area contributed by atoms with Crippen molar-refractivity contribution in [1.82, 2.24) is 0 Å². The van der Waals surface area contributed by atoms with E-state index >= 15 is 0 Å². The Labute approximate surface area is 187 Å². The molecule has 8 atom stereocenters. The van der Waals surface area contributed by atoms with Gasteiger partial charge in [-0.2, -0.15) is 43.2 Å². The van der Waals surface area contributed by atoms with Crippen molar-refractivity contribution in [2.45, 2.75) is 59.8 Å². The lowest BCUT2D eigenvalue weighted by Crippen LogP contribution is -2.39. The molecule has 0 aromatic carbocycles. The van der Waals surface area contributed by atoms with Gasteiger partial charge in [-0.3, -0.25) is 8.37 Å². The van der Waals surface area contributed by atoms with Crippen molar-refractivity contribution >= 4 is 20.2 Å². The van der Waals surface area contributed by atoms with Crippen LogP contribution in [0.25, 0.3) is 0 Å². The fourth-order valence-corrected chi connectivity index (χ4v) is 4.69. The Balaban J connectivity index is 0.000000266. The van der Waals surface area contributed by atoms with Crippen LogP contribution in [0.5, 0.6) is 0 Å². The number of rotatable bonds is 4. The van der Waals surface area contributed by atoms with Crippen LogP contribution in [0, 0.1) is 0 Å². The first-order valence-corrected chi connectivity index (χ1v) is 12.1. The second-order valence-corrected chi connectivity index (χ2v) is 10.5. The highest BCUT2D eigenvalue weighted by Gasteiger charge is 2.58. The maximum absolute atomic E-state index is 12.2. The first-order chi connectivity index (χ1) is 15.4. The molecule has 12 nitrogen and oxygen atoms in total. The van der Waals surface area contributed by atoms with Crippen molar-refractivity contribution in [1.29, 1.82) is 0 Å². The molecule has 0 saturated carbocycles. The normalized spacial score (nSPS) is 38.4. The minimum atomic E-state index is -5.99. The van der Waals surface area contributed by atoms with Gasteiger partial charge in [-0.25, -0.2) is 0 Å². The molecule has 4 aliphatic rings. The Hall–Kier alpha value is -0.840. The van der Waals surface area contributed by atoms with E-state index in [1.54, 1.807) is 0 Å². The summed E-state index contributed by atoms with van der Waals surface area (Å²) in [6.45, 7) is -0.994. The molecule has 2 N–H and O–H groups in total. The molecule has 4 rings (SSSR count). The molecule has 200 valence electrons. The third-order valence-corrected chi connectivity index (χ3v) is 7.17. The number of hydrogen-bond donors (Lipinski definition) is 2.